The molecule has 192 valence electrons. The summed E-state index contributed by atoms with van der Waals surface area (Å²) in [5.41, 5.74) is 2.44. The number of halogens is 4. The first-order valence-electron chi connectivity index (χ1n) is 11.9. The standard InChI is InChI=1S/C26H24F4N6O/c1-4-16-13-18-24(33-34(3)25(18)14-10-19(28)23(30)20(29)11-14)21(5-2)35(16)26(37)17-7-6-15(27)12-22(17)36-31-8-9-32-36/h6-12,16,21H,4-5,13H2,1-3H3. The number of rotatable bonds is 5. The van der Waals surface area contributed by atoms with E-state index in [0.29, 0.717) is 30.7 Å². The summed E-state index contributed by atoms with van der Waals surface area (Å²) in [4.78, 5) is 17.0. The van der Waals surface area contributed by atoms with Gasteiger partial charge in [-0.05, 0) is 43.5 Å². The molecule has 11 heteroatoms. The largest absolute Gasteiger partial charge is 0.327 e. The number of carbonyl (C=O) groups excluding carboxylic acids is 1. The van der Waals surface area contributed by atoms with Gasteiger partial charge in [0.1, 0.15) is 11.5 Å². The molecule has 7 nitrogen and oxygen atoms in total. The Morgan fingerprint density at radius 2 is 1.68 bits per heavy atom. The first-order valence-corrected chi connectivity index (χ1v) is 11.9. The van der Waals surface area contributed by atoms with Crippen molar-refractivity contribution in [3.63, 3.8) is 0 Å². The highest BCUT2D eigenvalue weighted by atomic mass is 19.2. The summed E-state index contributed by atoms with van der Waals surface area (Å²) in [5.74, 6) is -4.96. The van der Waals surface area contributed by atoms with Crippen molar-refractivity contribution >= 4 is 5.91 Å². The smallest absolute Gasteiger partial charge is 0.256 e. The number of benzene rings is 2. The molecule has 2 atom stereocenters. The van der Waals surface area contributed by atoms with Gasteiger partial charge in [0.25, 0.3) is 5.91 Å². The highest BCUT2D eigenvalue weighted by molar-refractivity contribution is 5.98. The zero-order valence-electron chi connectivity index (χ0n) is 20.4. The van der Waals surface area contributed by atoms with Gasteiger partial charge in [0.05, 0.1) is 35.4 Å². The summed E-state index contributed by atoms with van der Waals surface area (Å²) in [5, 5.41) is 12.8. The fourth-order valence-corrected chi connectivity index (χ4v) is 5.20. The lowest BCUT2D eigenvalue weighted by Gasteiger charge is -2.41. The molecule has 1 aliphatic heterocycles. The number of hydrogen-bond acceptors (Lipinski definition) is 4. The molecule has 0 N–H and O–H groups in total. The Balaban J connectivity index is 1.62. The molecule has 0 radical (unpaired) electrons. The third-order valence-electron chi connectivity index (χ3n) is 6.84. The lowest BCUT2D eigenvalue weighted by molar-refractivity contribution is 0.0512. The highest BCUT2D eigenvalue weighted by Crippen LogP contribution is 2.41. The van der Waals surface area contributed by atoms with Gasteiger partial charge in [-0.25, -0.2) is 17.6 Å². The molecule has 2 aromatic carbocycles. The second kappa shape index (κ2) is 9.45. The molecule has 0 aliphatic carbocycles. The van der Waals surface area contributed by atoms with Crippen molar-refractivity contribution in [2.75, 3.05) is 0 Å². The van der Waals surface area contributed by atoms with Crippen LogP contribution >= 0.6 is 0 Å². The van der Waals surface area contributed by atoms with E-state index in [-0.39, 0.29) is 28.8 Å². The molecule has 0 saturated heterocycles. The average Bonchev–Trinajstić information content (AvgIpc) is 3.53. The minimum Gasteiger partial charge on any atom is -0.327 e. The topological polar surface area (TPSA) is 68.8 Å². The van der Waals surface area contributed by atoms with Crippen LogP contribution in [0.1, 0.15) is 54.3 Å². The molecule has 0 bridgehead atoms. The van der Waals surface area contributed by atoms with Gasteiger partial charge in [0, 0.05) is 30.3 Å². The third kappa shape index (κ3) is 4.08. The van der Waals surface area contributed by atoms with Crippen molar-refractivity contribution in [1.29, 1.82) is 0 Å². The minimum absolute atomic E-state index is 0.169. The van der Waals surface area contributed by atoms with Crippen LogP contribution in [0.2, 0.25) is 0 Å². The Morgan fingerprint density at radius 1 is 1.00 bits per heavy atom. The summed E-state index contributed by atoms with van der Waals surface area (Å²) in [6.07, 6.45) is 4.33. The van der Waals surface area contributed by atoms with E-state index in [1.165, 1.54) is 40.1 Å². The van der Waals surface area contributed by atoms with E-state index in [4.69, 9.17) is 0 Å². The van der Waals surface area contributed by atoms with Crippen LogP contribution < -0.4 is 0 Å². The van der Waals surface area contributed by atoms with E-state index in [9.17, 15) is 22.4 Å². The van der Waals surface area contributed by atoms with E-state index < -0.39 is 29.3 Å². The van der Waals surface area contributed by atoms with Crippen molar-refractivity contribution in [3.05, 3.63) is 82.8 Å². The van der Waals surface area contributed by atoms with Crippen molar-refractivity contribution < 1.29 is 22.4 Å². The van der Waals surface area contributed by atoms with E-state index in [2.05, 4.69) is 15.3 Å². The van der Waals surface area contributed by atoms with Gasteiger partial charge in [-0.1, -0.05) is 13.8 Å². The Labute approximate surface area is 210 Å². The molecule has 37 heavy (non-hydrogen) atoms. The predicted molar refractivity (Wildman–Crippen MR) is 127 cm³/mol. The number of aryl methyl sites for hydroxylation is 1. The molecule has 2 unspecified atom stereocenters. The lowest BCUT2D eigenvalue weighted by atomic mass is 9.87. The number of nitrogens with zero attached hydrogens (tertiary/aromatic N) is 6. The van der Waals surface area contributed by atoms with Crippen LogP contribution in [0.4, 0.5) is 17.6 Å². The average molecular weight is 513 g/mol. The Morgan fingerprint density at radius 3 is 2.30 bits per heavy atom. The van der Waals surface area contributed by atoms with Crippen LogP contribution in [0.25, 0.3) is 16.9 Å². The summed E-state index contributed by atoms with van der Waals surface area (Å²) in [6, 6.07) is 5.01. The quantitative estimate of drug-likeness (QED) is 0.274. The van der Waals surface area contributed by atoms with E-state index in [1.807, 2.05) is 13.8 Å². The molecule has 0 fully saturated rings. The fraction of sp³-hybridized carbons (Fsp3) is 0.308. The molecule has 5 rings (SSSR count). The lowest BCUT2D eigenvalue weighted by Crippen LogP contribution is -2.47. The number of fused-ring (bicyclic) bond motifs is 1. The second-order valence-corrected chi connectivity index (χ2v) is 8.97. The van der Waals surface area contributed by atoms with Crippen molar-refractivity contribution in [2.24, 2.45) is 7.05 Å². The maximum Gasteiger partial charge on any atom is 0.256 e. The van der Waals surface area contributed by atoms with E-state index >= 15 is 0 Å². The van der Waals surface area contributed by atoms with Crippen LogP contribution in [0.15, 0.2) is 42.7 Å². The predicted octanol–water partition coefficient (Wildman–Crippen LogP) is 5.15. The molecular formula is C26H24F4N6O. The van der Waals surface area contributed by atoms with Gasteiger partial charge in [-0.2, -0.15) is 20.1 Å². The third-order valence-corrected chi connectivity index (χ3v) is 6.84. The number of carbonyl (C=O) groups is 1. The summed E-state index contributed by atoms with van der Waals surface area (Å²) in [6.45, 7) is 3.86. The monoisotopic (exact) mass is 512 g/mol. The number of amides is 1. The maximum absolute atomic E-state index is 14.1. The summed E-state index contributed by atoms with van der Waals surface area (Å²) < 4.78 is 57.4. The van der Waals surface area contributed by atoms with Gasteiger partial charge >= 0.3 is 0 Å². The van der Waals surface area contributed by atoms with Crippen LogP contribution in [-0.4, -0.2) is 41.6 Å². The molecule has 0 saturated carbocycles. The fourth-order valence-electron chi connectivity index (χ4n) is 5.20. The van der Waals surface area contributed by atoms with E-state index in [0.717, 1.165) is 17.7 Å². The summed E-state index contributed by atoms with van der Waals surface area (Å²) >= 11 is 0. The Kier molecular flexibility index (Phi) is 6.30. The summed E-state index contributed by atoms with van der Waals surface area (Å²) in [7, 11) is 1.65. The van der Waals surface area contributed by atoms with Crippen molar-refractivity contribution in [2.45, 2.75) is 45.2 Å². The van der Waals surface area contributed by atoms with Crippen LogP contribution in [-0.2, 0) is 13.5 Å². The molecule has 1 aliphatic rings. The zero-order valence-corrected chi connectivity index (χ0v) is 20.4. The Hall–Kier alpha value is -4.02. The van der Waals surface area contributed by atoms with Crippen LogP contribution in [0.3, 0.4) is 0 Å². The second-order valence-electron chi connectivity index (χ2n) is 8.97. The van der Waals surface area contributed by atoms with Crippen LogP contribution in [0, 0.1) is 23.3 Å². The van der Waals surface area contributed by atoms with Gasteiger partial charge in [0.15, 0.2) is 17.5 Å². The van der Waals surface area contributed by atoms with Gasteiger partial charge in [-0.15, -0.1) is 0 Å². The highest BCUT2D eigenvalue weighted by Gasteiger charge is 2.41. The Bertz CT molecular complexity index is 1460. The molecule has 3 heterocycles. The van der Waals surface area contributed by atoms with Gasteiger partial charge < -0.3 is 4.90 Å². The molecule has 4 aromatic rings. The SMILES string of the molecule is CCC1Cc2c(nn(C)c2-c2cc(F)c(F)c(F)c2)C(CC)N1C(=O)c1ccc(F)cc1-n1nccn1. The molecule has 2 aromatic heterocycles. The van der Waals surface area contributed by atoms with Crippen LogP contribution in [0.5, 0.6) is 0 Å². The number of hydrogen-bond donors (Lipinski definition) is 0. The van der Waals surface area contributed by atoms with Gasteiger partial charge in [-0.3, -0.25) is 9.48 Å². The zero-order chi connectivity index (χ0) is 26.4. The van der Waals surface area contributed by atoms with Crippen molar-refractivity contribution in [3.8, 4) is 16.9 Å². The normalized spacial score (nSPS) is 17.2. The first kappa shape index (κ1) is 24.7. The number of aromatic nitrogens is 5. The van der Waals surface area contributed by atoms with E-state index in [1.54, 1.807) is 11.9 Å². The molecular weight excluding hydrogens is 488 g/mol. The molecule has 1 amide bonds. The van der Waals surface area contributed by atoms with Gasteiger partial charge in [0.2, 0.25) is 0 Å². The maximum atomic E-state index is 14.1. The van der Waals surface area contributed by atoms with Crippen molar-refractivity contribution in [1.82, 2.24) is 29.7 Å². The first-order chi connectivity index (χ1) is 17.7. The molecule has 0 spiro atoms. The minimum atomic E-state index is -1.53.